The predicted molar refractivity (Wildman–Crippen MR) is 82.4 cm³/mol. The summed E-state index contributed by atoms with van der Waals surface area (Å²) in [6.45, 7) is 11.5. The number of Topliss-reactive ketones (excluding diaryl/α,β-unsaturated/α-hetero) is 2. The third-order valence-corrected chi connectivity index (χ3v) is 2.42. The Morgan fingerprint density at radius 1 is 0.909 bits per heavy atom. The molecule has 0 radical (unpaired) electrons. The topological polar surface area (TPSA) is 97.7 Å². The largest absolute Gasteiger partial charge is 0.481 e. The molecule has 0 saturated carbocycles. The van der Waals surface area contributed by atoms with Crippen molar-refractivity contribution < 1.29 is 29.0 Å². The SMILES string of the molecule is CC(=O)CC(C)C(=O)O.CC(=O)CC(C)C(=O)OC(C)(C)C. The fourth-order valence-electron chi connectivity index (χ4n) is 1.44. The van der Waals surface area contributed by atoms with Crippen molar-refractivity contribution in [2.75, 3.05) is 0 Å². The van der Waals surface area contributed by atoms with Gasteiger partial charge in [0.1, 0.15) is 17.2 Å². The lowest BCUT2D eigenvalue weighted by Crippen LogP contribution is -2.28. The van der Waals surface area contributed by atoms with Gasteiger partial charge in [-0.2, -0.15) is 0 Å². The predicted octanol–water partition coefficient (Wildman–Crippen LogP) is 2.63. The van der Waals surface area contributed by atoms with Crippen LogP contribution in [-0.4, -0.2) is 34.2 Å². The Kier molecular flexibility index (Phi) is 10.3. The number of ketones is 2. The molecule has 128 valence electrons. The van der Waals surface area contributed by atoms with Crippen LogP contribution in [0.25, 0.3) is 0 Å². The number of rotatable bonds is 6. The molecule has 0 saturated heterocycles. The first-order valence-corrected chi connectivity index (χ1v) is 7.20. The van der Waals surface area contributed by atoms with Gasteiger partial charge in [0.25, 0.3) is 0 Å². The molecule has 6 nitrogen and oxygen atoms in total. The maximum atomic E-state index is 11.3. The summed E-state index contributed by atoms with van der Waals surface area (Å²) < 4.78 is 5.11. The average Bonchev–Trinajstić information content (AvgIpc) is 2.25. The molecule has 0 aromatic rings. The van der Waals surface area contributed by atoms with Crippen LogP contribution in [-0.2, 0) is 23.9 Å². The van der Waals surface area contributed by atoms with Crippen molar-refractivity contribution in [2.45, 2.75) is 66.9 Å². The Labute approximate surface area is 132 Å². The third kappa shape index (κ3) is 14.7. The van der Waals surface area contributed by atoms with Crippen molar-refractivity contribution in [3.8, 4) is 0 Å². The smallest absolute Gasteiger partial charge is 0.309 e. The van der Waals surface area contributed by atoms with Gasteiger partial charge >= 0.3 is 11.9 Å². The fourth-order valence-corrected chi connectivity index (χ4v) is 1.44. The van der Waals surface area contributed by atoms with E-state index in [1.807, 2.05) is 20.8 Å². The first-order valence-electron chi connectivity index (χ1n) is 7.20. The van der Waals surface area contributed by atoms with Crippen LogP contribution in [0.1, 0.15) is 61.3 Å². The summed E-state index contributed by atoms with van der Waals surface area (Å²) in [5.41, 5.74) is -0.470. The van der Waals surface area contributed by atoms with Crippen LogP contribution in [0.5, 0.6) is 0 Å². The highest BCUT2D eigenvalue weighted by Gasteiger charge is 2.22. The highest BCUT2D eigenvalue weighted by atomic mass is 16.6. The number of hydrogen-bond donors (Lipinski definition) is 1. The molecular formula is C16H28O6. The Morgan fingerprint density at radius 2 is 1.27 bits per heavy atom. The van der Waals surface area contributed by atoms with Gasteiger partial charge in [0, 0.05) is 12.8 Å². The summed E-state index contributed by atoms with van der Waals surface area (Å²) in [5, 5.41) is 8.28. The Bertz CT molecular complexity index is 405. The highest BCUT2D eigenvalue weighted by molar-refractivity contribution is 5.82. The molecule has 0 aliphatic carbocycles. The molecule has 0 aromatic heterocycles. The number of aliphatic carboxylic acids is 1. The van der Waals surface area contributed by atoms with Crippen LogP contribution in [0.3, 0.4) is 0 Å². The summed E-state index contributed by atoms with van der Waals surface area (Å²) in [7, 11) is 0. The van der Waals surface area contributed by atoms with Crippen molar-refractivity contribution in [3.63, 3.8) is 0 Å². The van der Waals surface area contributed by atoms with Gasteiger partial charge in [-0.3, -0.25) is 9.59 Å². The zero-order valence-electron chi connectivity index (χ0n) is 14.6. The maximum Gasteiger partial charge on any atom is 0.309 e. The molecule has 0 fully saturated rings. The zero-order chi connectivity index (χ0) is 18.1. The second-order valence-corrected chi connectivity index (χ2v) is 6.49. The van der Waals surface area contributed by atoms with E-state index in [-0.39, 0.29) is 36.3 Å². The minimum atomic E-state index is -0.912. The molecule has 0 aliphatic heterocycles. The molecule has 0 bridgehead atoms. The molecule has 1 N–H and O–H groups in total. The van der Waals surface area contributed by atoms with E-state index in [0.29, 0.717) is 0 Å². The lowest BCUT2D eigenvalue weighted by atomic mass is 10.1. The van der Waals surface area contributed by atoms with E-state index in [1.54, 1.807) is 6.92 Å². The normalized spacial score (nSPS) is 13.2. The van der Waals surface area contributed by atoms with Gasteiger partial charge in [0.15, 0.2) is 0 Å². The number of carboxylic acids is 1. The van der Waals surface area contributed by atoms with Gasteiger partial charge in [0.05, 0.1) is 11.8 Å². The standard InChI is InChI=1S/C10H18O3.C6H10O3/c1-7(6-8(2)11)9(12)13-10(3,4)5;1-4(6(8)9)3-5(2)7/h7H,6H2,1-5H3;4H,3H2,1-2H3,(H,8,9). The van der Waals surface area contributed by atoms with Gasteiger partial charge in [0.2, 0.25) is 0 Å². The van der Waals surface area contributed by atoms with Gasteiger partial charge in [-0.1, -0.05) is 13.8 Å². The van der Waals surface area contributed by atoms with Crippen LogP contribution < -0.4 is 0 Å². The van der Waals surface area contributed by atoms with Crippen LogP contribution in [0.2, 0.25) is 0 Å². The number of carbonyl (C=O) groups is 4. The lowest BCUT2D eigenvalue weighted by Gasteiger charge is -2.21. The molecule has 0 aromatic carbocycles. The molecule has 2 unspecified atom stereocenters. The molecular weight excluding hydrogens is 288 g/mol. The molecule has 0 amide bonds. The summed E-state index contributed by atoms with van der Waals surface area (Å²) >= 11 is 0. The van der Waals surface area contributed by atoms with E-state index in [9.17, 15) is 19.2 Å². The minimum Gasteiger partial charge on any atom is -0.481 e. The molecule has 0 heterocycles. The maximum absolute atomic E-state index is 11.3. The Morgan fingerprint density at radius 3 is 1.50 bits per heavy atom. The van der Waals surface area contributed by atoms with E-state index in [1.165, 1.54) is 20.8 Å². The van der Waals surface area contributed by atoms with E-state index in [4.69, 9.17) is 9.84 Å². The van der Waals surface area contributed by atoms with Crippen molar-refractivity contribution >= 4 is 23.5 Å². The van der Waals surface area contributed by atoms with Gasteiger partial charge in [-0.15, -0.1) is 0 Å². The summed E-state index contributed by atoms with van der Waals surface area (Å²) in [5.74, 6) is -2.16. The van der Waals surface area contributed by atoms with Crippen molar-refractivity contribution in [2.24, 2.45) is 11.8 Å². The van der Waals surface area contributed by atoms with Crippen molar-refractivity contribution in [3.05, 3.63) is 0 Å². The first kappa shape index (κ1) is 22.6. The Hall–Kier alpha value is -1.72. The second-order valence-electron chi connectivity index (χ2n) is 6.49. The fraction of sp³-hybridized carbons (Fsp3) is 0.750. The number of hydrogen-bond acceptors (Lipinski definition) is 5. The lowest BCUT2D eigenvalue weighted by molar-refractivity contribution is -0.160. The van der Waals surface area contributed by atoms with Crippen LogP contribution in [0.4, 0.5) is 0 Å². The monoisotopic (exact) mass is 316 g/mol. The van der Waals surface area contributed by atoms with Gasteiger partial charge < -0.3 is 19.4 Å². The van der Waals surface area contributed by atoms with Gasteiger partial charge in [-0.25, -0.2) is 0 Å². The molecule has 6 heteroatoms. The molecule has 2 atom stereocenters. The summed E-state index contributed by atoms with van der Waals surface area (Å²) in [6.07, 6.45) is 0.393. The number of ether oxygens (including phenoxy) is 1. The summed E-state index contributed by atoms with van der Waals surface area (Å²) in [6, 6.07) is 0. The average molecular weight is 316 g/mol. The minimum absolute atomic E-state index is 0.0124. The number of carboxylic acid groups (broad SMARTS) is 1. The van der Waals surface area contributed by atoms with Crippen LogP contribution >= 0.6 is 0 Å². The van der Waals surface area contributed by atoms with E-state index in [2.05, 4.69) is 0 Å². The second kappa shape index (κ2) is 10.1. The molecule has 22 heavy (non-hydrogen) atoms. The van der Waals surface area contributed by atoms with E-state index >= 15 is 0 Å². The van der Waals surface area contributed by atoms with Crippen molar-refractivity contribution in [1.29, 1.82) is 0 Å². The number of esters is 1. The van der Waals surface area contributed by atoms with E-state index in [0.717, 1.165) is 0 Å². The van der Waals surface area contributed by atoms with Crippen LogP contribution in [0.15, 0.2) is 0 Å². The highest BCUT2D eigenvalue weighted by Crippen LogP contribution is 2.13. The van der Waals surface area contributed by atoms with Crippen LogP contribution in [0, 0.1) is 11.8 Å². The van der Waals surface area contributed by atoms with Crippen molar-refractivity contribution in [1.82, 2.24) is 0 Å². The zero-order valence-corrected chi connectivity index (χ0v) is 14.6. The molecule has 0 aliphatic rings. The van der Waals surface area contributed by atoms with Gasteiger partial charge in [-0.05, 0) is 34.6 Å². The summed E-state index contributed by atoms with van der Waals surface area (Å²) in [4.78, 5) is 42.4. The quantitative estimate of drug-likeness (QED) is 0.756. The first-order chi connectivity index (χ1) is 9.76. The molecule has 0 rings (SSSR count). The molecule has 0 spiro atoms. The third-order valence-electron chi connectivity index (χ3n) is 2.42. The van der Waals surface area contributed by atoms with E-state index < -0.39 is 17.5 Å². The number of carbonyl (C=O) groups excluding carboxylic acids is 3. The Balaban J connectivity index is 0.